The van der Waals surface area contributed by atoms with Crippen molar-refractivity contribution in [1.82, 2.24) is 10.1 Å². The lowest BCUT2D eigenvalue weighted by molar-refractivity contribution is -0.136. The van der Waals surface area contributed by atoms with Gasteiger partial charge < -0.3 is 9.63 Å². The minimum atomic E-state index is -0.778. The zero-order chi connectivity index (χ0) is 10.4. The van der Waals surface area contributed by atoms with Crippen LogP contribution in [0.3, 0.4) is 0 Å². The highest BCUT2D eigenvalue weighted by Crippen LogP contribution is 2.10. The van der Waals surface area contributed by atoms with Crippen LogP contribution in [0.1, 0.15) is 25.1 Å². The smallest absolute Gasteiger partial charge is 0.304 e. The summed E-state index contributed by atoms with van der Waals surface area (Å²) in [6.45, 7) is 1.94. The molecule has 5 nitrogen and oxygen atoms in total. The number of hydrogen-bond donors (Lipinski definition) is 1. The number of nitrogens with zero attached hydrogens (tertiary/aromatic N) is 2. The van der Waals surface area contributed by atoms with Gasteiger partial charge in [-0.05, 0) is 0 Å². The predicted molar refractivity (Wildman–Crippen MR) is 52.1 cm³/mol. The van der Waals surface area contributed by atoms with Gasteiger partial charge in [-0.3, -0.25) is 4.79 Å². The molecule has 14 heavy (non-hydrogen) atoms. The summed E-state index contributed by atoms with van der Waals surface area (Å²) in [5.74, 6) is 1.66. The molecule has 0 spiro atoms. The second kappa shape index (κ2) is 5.64. The van der Waals surface area contributed by atoms with Gasteiger partial charge in [0.2, 0.25) is 5.89 Å². The van der Waals surface area contributed by atoms with Gasteiger partial charge in [-0.15, -0.1) is 0 Å². The Bertz CT molecular complexity index is 301. The fourth-order valence-corrected chi connectivity index (χ4v) is 1.58. The Morgan fingerprint density at radius 3 is 3.00 bits per heavy atom. The topological polar surface area (TPSA) is 76.2 Å². The maximum atomic E-state index is 10.2. The van der Waals surface area contributed by atoms with Gasteiger partial charge in [0.05, 0.1) is 12.2 Å². The molecule has 0 atom stereocenters. The Labute approximate surface area is 85.9 Å². The van der Waals surface area contributed by atoms with Crippen LogP contribution in [-0.4, -0.2) is 27.0 Å². The number of carboxylic acid groups (broad SMARTS) is 1. The zero-order valence-electron chi connectivity index (χ0n) is 7.89. The van der Waals surface area contributed by atoms with Crippen molar-refractivity contribution in [3.8, 4) is 0 Å². The molecule has 0 bridgehead atoms. The first-order valence-corrected chi connectivity index (χ1v) is 5.49. The van der Waals surface area contributed by atoms with E-state index in [1.165, 1.54) is 11.8 Å². The van der Waals surface area contributed by atoms with Crippen LogP contribution in [0.4, 0.5) is 0 Å². The Hall–Kier alpha value is -1.04. The number of thioether (sulfide) groups is 1. The molecule has 0 radical (unpaired) electrons. The average molecular weight is 216 g/mol. The SMILES string of the molecule is CCc1nc(CSCCC(=O)O)no1. The highest BCUT2D eigenvalue weighted by molar-refractivity contribution is 7.98. The summed E-state index contributed by atoms with van der Waals surface area (Å²) in [4.78, 5) is 14.3. The van der Waals surface area contributed by atoms with Crippen molar-refractivity contribution in [3.05, 3.63) is 11.7 Å². The maximum absolute atomic E-state index is 10.2. The predicted octanol–water partition coefficient (Wildman–Crippen LogP) is 1.34. The molecule has 1 aromatic heterocycles. The molecule has 0 saturated carbocycles. The summed E-state index contributed by atoms with van der Waals surface area (Å²) in [6.07, 6.45) is 0.899. The van der Waals surface area contributed by atoms with E-state index in [2.05, 4.69) is 10.1 Å². The molecule has 1 rings (SSSR count). The van der Waals surface area contributed by atoms with Crippen LogP contribution < -0.4 is 0 Å². The van der Waals surface area contributed by atoms with Crippen LogP contribution in [0, 0.1) is 0 Å². The number of hydrogen-bond acceptors (Lipinski definition) is 5. The number of rotatable bonds is 6. The molecule has 0 aliphatic heterocycles. The van der Waals surface area contributed by atoms with Crippen LogP contribution in [0.2, 0.25) is 0 Å². The molecule has 0 aliphatic carbocycles. The monoisotopic (exact) mass is 216 g/mol. The fourth-order valence-electron chi connectivity index (χ4n) is 0.815. The first kappa shape index (κ1) is 11.0. The van der Waals surface area contributed by atoms with Crippen LogP contribution in [0.5, 0.6) is 0 Å². The Balaban J connectivity index is 2.21. The molecule has 78 valence electrons. The minimum Gasteiger partial charge on any atom is -0.481 e. The summed E-state index contributed by atoms with van der Waals surface area (Å²) in [5.41, 5.74) is 0. The van der Waals surface area contributed by atoms with Crippen molar-refractivity contribution in [3.63, 3.8) is 0 Å². The number of carbonyl (C=O) groups is 1. The van der Waals surface area contributed by atoms with E-state index in [4.69, 9.17) is 9.63 Å². The van der Waals surface area contributed by atoms with Crippen LogP contribution >= 0.6 is 11.8 Å². The molecular formula is C8H12N2O3S. The summed E-state index contributed by atoms with van der Waals surface area (Å²) in [5, 5.41) is 12.1. The first-order valence-electron chi connectivity index (χ1n) is 4.33. The number of aliphatic carboxylic acids is 1. The molecule has 1 aromatic rings. The summed E-state index contributed by atoms with van der Waals surface area (Å²) < 4.78 is 4.90. The number of carboxylic acids is 1. The summed E-state index contributed by atoms with van der Waals surface area (Å²) >= 11 is 1.49. The number of aryl methyl sites for hydroxylation is 1. The lowest BCUT2D eigenvalue weighted by atomic mass is 10.5. The molecule has 0 amide bonds. The molecule has 6 heteroatoms. The fraction of sp³-hybridized carbons (Fsp3) is 0.625. The first-order chi connectivity index (χ1) is 6.72. The molecule has 0 unspecified atom stereocenters. The minimum absolute atomic E-state index is 0.170. The molecule has 0 aliphatic rings. The Kier molecular flexibility index (Phi) is 4.45. The van der Waals surface area contributed by atoms with Gasteiger partial charge in [0.1, 0.15) is 0 Å². The van der Waals surface area contributed by atoms with E-state index >= 15 is 0 Å². The van der Waals surface area contributed by atoms with Crippen LogP contribution in [0.15, 0.2) is 4.52 Å². The van der Waals surface area contributed by atoms with Gasteiger partial charge in [-0.1, -0.05) is 12.1 Å². The van der Waals surface area contributed by atoms with Crippen molar-refractivity contribution in [2.24, 2.45) is 0 Å². The van der Waals surface area contributed by atoms with E-state index in [0.717, 1.165) is 6.42 Å². The van der Waals surface area contributed by atoms with Crippen molar-refractivity contribution in [2.75, 3.05) is 5.75 Å². The van der Waals surface area contributed by atoms with Gasteiger partial charge >= 0.3 is 5.97 Å². The van der Waals surface area contributed by atoms with Gasteiger partial charge in [0.15, 0.2) is 5.82 Å². The second-order valence-corrected chi connectivity index (χ2v) is 3.76. The maximum Gasteiger partial charge on any atom is 0.304 e. The lowest BCUT2D eigenvalue weighted by Crippen LogP contribution is -1.96. The molecular weight excluding hydrogens is 204 g/mol. The van der Waals surface area contributed by atoms with Crippen LogP contribution in [-0.2, 0) is 17.0 Å². The van der Waals surface area contributed by atoms with Crippen molar-refractivity contribution < 1.29 is 14.4 Å². The largest absolute Gasteiger partial charge is 0.481 e. The second-order valence-electron chi connectivity index (χ2n) is 2.65. The van der Waals surface area contributed by atoms with Gasteiger partial charge in [0.25, 0.3) is 0 Å². The van der Waals surface area contributed by atoms with Crippen molar-refractivity contribution in [1.29, 1.82) is 0 Å². The third-order valence-electron chi connectivity index (χ3n) is 1.50. The van der Waals surface area contributed by atoms with Gasteiger partial charge in [-0.25, -0.2) is 0 Å². The lowest BCUT2D eigenvalue weighted by Gasteiger charge is -1.93. The third kappa shape index (κ3) is 3.78. The van der Waals surface area contributed by atoms with Gasteiger partial charge in [0, 0.05) is 12.2 Å². The highest BCUT2D eigenvalue weighted by atomic mass is 32.2. The van der Waals surface area contributed by atoms with Gasteiger partial charge in [-0.2, -0.15) is 16.7 Å². The molecule has 0 saturated heterocycles. The van der Waals surface area contributed by atoms with Crippen molar-refractivity contribution in [2.45, 2.75) is 25.5 Å². The molecule has 1 heterocycles. The Morgan fingerprint density at radius 2 is 2.43 bits per heavy atom. The van der Waals surface area contributed by atoms with E-state index in [1.807, 2.05) is 6.92 Å². The molecule has 1 N–H and O–H groups in total. The summed E-state index contributed by atoms with van der Waals surface area (Å²) in [7, 11) is 0. The van der Waals surface area contributed by atoms with E-state index in [-0.39, 0.29) is 6.42 Å². The Morgan fingerprint density at radius 1 is 1.64 bits per heavy atom. The standard InChI is InChI=1S/C8H12N2O3S/c1-2-7-9-6(10-13-7)5-14-4-3-8(11)12/h2-5H2,1H3,(H,11,12). The number of aromatic nitrogens is 2. The normalized spacial score (nSPS) is 10.4. The van der Waals surface area contributed by atoms with Crippen LogP contribution in [0.25, 0.3) is 0 Å². The molecule has 0 aromatic carbocycles. The molecule has 0 fully saturated rings. The van der Waals surface area contributed by atoms with E-state index in [1.54, 1.807) is 0 Å². The van der Waals surface area contributed by atoms with Crippen molar-refractivity contribution >= 4 is 17.7 Å². The summed E-state index contributed by atoms with van der Waals surface area (Å²) in [6, 6.07) is 0. The van der Waals surface area contributed by atoms with E-state index in [9.17, 15) is 4.79 Å². The quantitative estimate of drug-likeness (QED) is 0.723. The third-order valence-corrected chi connectivity index (χ3v) is 2.46. The van der Waals surface area contributed by atoms with E-state index < -0.39 is 5.97 Å². The average Bonchev–Trinajstić information content (AvgIpc) is 2.60. The zero-order valence-corrected chi connectivity index (χ0v) is 8.71. The van der Waals surface area contributed by atoms with E-state index in [0.29, 0.717) is 23.2 Å². The highest BCUT2D eigenvalue weighted by Gasteiger charge is 2.04.